The zero-order chi connectivity index (χ0) is 16.3. The summed E-state index contributed by atoms with van der Waals surface area (Å²) in [6.07, 6.45) is 1.06. The lowest BCUT2D eigenvalue weighted by Gasteiger charge is -2.14. The molecule has 0 aliphatic carbocycles. The van der Waals surface area contributed by atoms with E-state index in [0.29, 0.717) is 11.1 Å². The molecule has 0 saturated heterocycles. The maximum absolute atomic E-state index is 12.2. The Labute approximate surface area is 128 Å². The van der Waals surface area contributed by atoms with E-state index in [2.05, 4.69) is 0 Å². The highest BCUT2D eigenvalue weighted by Crippen LogP contribution is 2.19. The average Bonchev–Trinajstić information content (AvgIpc) is 2.52. The monoisotopic (exact) mass is 319 g/mol. The molecule has 0 fully saturated rings. The number of aromatic nitrogens is 1. The molecule has 0 saturated carbocycles. The van der Waals surface area contributed by atoms with Gasteiger partial charge in [-0.2, -0.15) is 0 Å². The van der Waals surface area contributed by atoms with Gasteiger partial charge in [-0.25, -0.2) is 8.42 Å². The molecule has 2 aromatic rings. The Bertz CT molecular complexity index is 870. The van der Waals surface area contributed by atoms with Gasteiger partial charge in [0.1, 0.15) is 5.82 Å². The maximum atomic E-state index is 12.2. The molecule has 1 aromatic heterocycles. The van der Waals surface area contributed by atoms with E-state index in [4.69, 9.17) is 11.1 Å². The van der Waals surface area contributed by atoms with Gasteiger partial charge in [0, 0.05) is 17.8 Å². The van der Waals surface area contributed by atoms with Gasteiger partial charge < -0.3 is 11.1 Å². The Morgan fingerprint density at radius 1 is 1.23 bits per heavy atom. The number of anilines is 1. The van der Waals surface area contributed by atoms with Crippen molar-refractivity contribution in [3.63, 3.8) is 0 Å². The number of nitrogens with two attached hydrogens (primary N) is 1. The summed E-state index contributed by atoms with van der Waals surface area (Å²) in [6, 6.07) is 9.32. The van der Waals surface area contributed by atoms with Crippen LogP contribution in [-0.2, 0) is 16.4 Å². The number of hydrogen-bond acceptors (Lipinski definition) is 5. The molecule has 0 amide bonds. The minimum atomic E-state index is -3.39. The van der Waals surface area contributed by atoms with E-state index in [1.807, 2.05) is 0 Å². The van der Waals surface area contributed by atoms with Crippen molar-refractivity contribution in [1.82, 2.24) is 4.57 Å². The van der Waals surface area contributed by atoms with Crippen molar-refractivity contribution in [3.8, 4) is 0 Å². The lowest BCUT2D eigenvalue weighted by Crippen LogP contribution is -2.24. The summed E-state index contributed by atoms with van der Waals surface area (Å²) < 4.78 is 25.6. The highest BCUT2D eigenvalue weighted by Gasteiger charge is 2.17. The van der Waals surface area contributed by atoms with E-state index in [9.17, 15) is 13.2 Å². The van der Waals surface area contributed by atoms with Gasteiger partial charge in [0.2, 0.25) is 0 Å². The van der Waals surface area contributed by atoms with Gasteiger partial charge in [-0.05, 0) is 17.7 Å². The third-order valence-corrected chi connectivity index (χ3v) is 5.26. The lowest BCUT2D eigenvalue weighted by atomic mass is 10.2. The molecule has 0 aliphatic rings. The fraction of sp³-hybridized carbons (Fsp3) is 0.200. The van der Waals surface area contributed by atoms with Crippen LogP contribution in [0.3, 0.4) is 0 Å². The van der Waals surface area contributed by atoms with Crippen LogP contribution in [0, 0.1) is 5.41 Å². The molecule has 0 aliphatic heterocycles. The first-order chi connectivity index (χ1) is 10.4. The number of rotatable bonds is 5. The molecule has 0 spiro atoms. The molecule has 0 bridgehead atoms. The van der Waals surface area contributed by atoms with Crippen LogP contribution >= 0.6 is 0 Å². The van der Waals surface area contributed by atoms with Crippen LogP contribution in [0.1, 0.15) is 18.1 Å². The van der Waals surface area contributed by atoms with Gasteiger partial charge in [0.15, 0.2) is 9.84 Å². The van der Waals surface area contributed by atoms with Gasteiger partial charge in [-0.1, -0.05) is 25.1 Å². The molecular weight excluding hydrogens is 302 g/mol. The Kier molecular flexibility index (Phi) is 4.46. The molecule has 3 N–H and O–H groups in total. The van der Waals surface area contributed by atoms with Gasteiger partial charge >= 0.3 is 0 Å². The average molecular weight is 319 g/mol. The number of nitrogens with one attached hydrogen (secondary N) is 1. The second-order valence-electron chi connectivity index (χ2n) is 4.75. The molecule has 1 aromatic carbocycles. The van der Waals surface area contributed by atoms with Crippen LogP contribution in [-0.4, -0.2) is 25.0 Å². The van der Waals surface area contributed by atoms with E-state index in [1.165, 1.54) is 22.8 Å². The van der Waals surface area contributed by atoms with Crippen molar-refractivity contribution >= 4 is 21.9 Å². The maximum Gasteiger partial charge on any atom is 0.252 e. The topological polar surface area (TPSA) is 106 Å². The second-order valence-corrected chi connectivity index (χ2v) is 7.00. The van der Waals surface area contributed by atoms with Gasteiger partial charge in [-0.3, -0.25) is 9.36 Å². The number of sulfone groups is 1. The highest BCUT2D eigenvalue weighted by atomic mass is 32.2. The van der Waals surface area contributed by atoms with E-state index < -0.39 is 9.84 Å². The van der Waals surface area contributed by atoms with Gasteiger partial charge in [0.25, 0.3) is 5.56 Å². The number of pyridine rings is 1. The van der Waals surface area contributed by atoms with Crippen LogP contribution in [0.25, 0.3) is 0 Å². The lowest BCUT2D eigenvalue weighted by molar-refractivity contribution is 0.595. The first-order valence-corrected chi connectivity index (χ1v) is 8.36. The number of benzene rings is 1. The Hall–Kier alpha value is -2.41. The molecule has 116 valence electrons. The zero-order valence-electron chi connectivity index (χ0n) is 12.1. The van der Waals surface area contributed by atoms with Crippen LogP contribution in [0.4, 0.5) is 5.82 Å². The normalized spacial score (nSPS) is 11.3. The molecule has 0 radical (unpaired) electrons. The second kappa shape index (κ2) is 6.15. The standard InChI is InChI=1S/C15H17N3O3S/c1-2-22(20,21)13-6-4-3-5-12(13)10-18-14(19)8-7-11(9-16)15(18)17/h3-9,16H,2,10,17H2,1H3. The van der Waals surface area contributed by atoms with Crippen molar-refractivity contribution in [2.75, 3.05) is 11.5 Å². The fourth-order valence-corrected chi connectivity index (χ4v) is 3.29. The van der Waals surface area contributed by atoms with Crippen molar-refractivity contribution in [2.45, 2.75) is 18.4 Å². The quantitative estimate of drug-likeness (QED) is 0.809. The fourth-order valence-electron chi connectivity index (χ4n) is 2.16. The summed E-state index contributed by atoms with van der Waals surface area (Å²) in [5.74, 6) is 0.126. The summed E-state index contributed by atoms with van der Waals surface area (Å²) in [5.41, 5.74) is 6.47. The third kappa shape index (κ3) is 2.94. The summed E-state index contributed by atoms with van der Waals surface area (Å²) in [7, 11) is -3.39. The molecule has 6 nitrogen and oxygen atoms in total. The van der Waals surface area contributed by atoms with E-state index >= 15 is 0 Å². The van der Waals surface area contributed by atoms with Crippen molar-refractivity contribution in [3.05, 3.63) is 57.9 Å². The van der Waals surface area contributed by atoms with Gasteiger partial charge in [-0.15, -0.1) is 0 Å². The van der Waals surface area contributed by atoms with Crippen molar-refractivity contribution < 1.29 is 8.42 Å². The summed E-state index contributed by atoms with van der Waals surface area (Å²) in [6.45, 7) is 1.62. The molecule has 7 heteroatoms. The van der Waals surface area contributed by atoms with Crippen molar-refractivity contribution in [2.24, 2.45) is 0 Å². The molecule has 1 heterocycles. The minimum Gasteiger partial charge on any atom is -0.384 e. The smallest absolute Gasteiger partial charge is 0.252 e. The van der Waals surface area contributed by atoms with E-state index in [-0.39, 0.29) is 28.6 Å². The summed E-state index contributed by atoms with van der Waals surface area (Å²) in [5, 5.41) is 7.29. The molecule has 22 heavy (non-hydrogen) atoms. The number of nitrogens with zero attached hydrogens (tertiary/aromatic N) is 1. The van der Waals surface area contributed by atoms with Crippen LogP contribution < -0.4 is 11.3 Å². The molecule has 0 unspecified atom stereocenters. The zero-order valence-corrected chi connectivity index (χ0v) is 12.9. The predicted molar refractivity (Wildman–Crippen MR) is 86.3 cm³/mol. The molecular formula is C15H17N3O3S. The Balaban J connectivity index is 2.59. The summed E-state index contributed by atoms with van der Waals surface area (Å²) in [4.78, 5) is 12.2. The molecule has 0 atom stereocenters. The largest absolute Gasteiger partial charge is 0.384 e. The molecule has 2 rings (SSSR count). The first kappa shape index (κ1) is 16.0. The van der Waals surface area contributed by atoms with Gasteiger partial charge in [0.05, 0.1) is 17.2 Å². The van der Waals surface area contributed by atoms with E-state index in [0.717, 1.165) is 6.21 Å². The van der Waals surface area contributed by atoms with E-state index in [1.54, 1.807) is 25.1 Å². The minimum absolute atomic E-state index is 0.0189. The highest BCUT2D eigenvalue weighted by molar-refractivity contribution is 7.91. The van der Waals surface area contributed by atoms with Crippen LogP contribution in [0.2, 0.25) is 0 Å². The van der Waals surface area contributed by atoms with Crippen LogP contribution in [0.15, 0.2) is 46.1 Å². The first-order valence-electron chi connectivity index (χ1n) is 6.71. The Morgan fingerprint density at radius 2 is 1.91 bits per heavy atom. The van der Waals surface area contributed by atoms with Crippen LogP contribution in [0.5, 0.6) is 0 Å². The number of nitrogen functional groups attached to an aromatic ring is 1. The Morgan fingerprint density at radius 3 is 2.55 bits per heavy atom. The predicted octanol–water partition coefficient (Wildman–Crippen LogP) is 1.27. The summed E-state index contributed by atoms with van der Waals surface area (Å²) >= 11 is 0. The van der Waals surface area contributed by atoms with Crippen molar-refractivity contribution in [1.29, 1.82) is 5.41 Å². The third-order valence-electron chi connectivity index (χ3n) is 3.43. The number of hydrogen-bond donors (Lipinski definition) is 2. The SMILES string of the molecule is CCS(=O)(=O)c1ccccc1Cn1c(N)c(C=N)ccc1=O.